The zero-order valence-electron chi connectivity index (χ0n) is 12.2. The van der Waals surface area contributed by atoms with Crippen molar-refractivity contribution in [2.24, 2.45) is 0 Å². The molecule has 0 spiro atoms. The normalized spacial score (nSPS) is 12.0. The molecule has 0 saturated carbocycles. The molecule has 1 unspecified atom stereocenters. The molecule has 21 heavy (non-hydrogen) atoms. The largest absolute Gasteiger partial charge is 0.467 e. The Kier molecular flexibility index (Phi) is 5.28. The summed E-state index contributed by atoms with van der Waals surface area (Å²) < 4.78 is 5.25. The van der Waals surface area contributed by atoms with Crippen molar-refractivity contribution in [2.75, 3.05) is 7.05 Å². The van der Waals surface area contributed by atoms with Crippen LogP contribution in [0.5, 0.6) is 0 Å². The number of carbonyl (C=O) groups is 1. The SMILES string of the molecule is CCC(NC(=O)N(C)Cc1ccco1)c1ccc(Cl)cc1. The first-order valence-electron chi connectivity index (χ1n) is 6.89. The Hall–Kier alpha value is -1.94. The maximum atomic E-state index is 12.2. The van der Waals surface area contributed by atoms with Crippen LogP contribution >= 0.6 is 11.6 Å². The first-order valence-corrected chi connectivity index (χ1v) is 7.27. The molecular formula is C16H19ClN2O2. The number of urea groups is 1. The minimum atomic E-state index is -0.131. The zero-order chi connectivity index (χ0) is 15.2. The van der Waals surface area contributed by atoms with Crippen molar-refractivity contribution in [1.82, 2.24) is 10.2 Å². The molecule has 0 saturated heterocycles. The van der Waals surface area contributed by atoms with Gasteiger partial charge in [0.25, 0.3) is 0 Å². The molecule has 1 heterocycles. The van der Waals surface area contributed by atoms with E-state index in [-0.39, 0.29) is 12.1 Å². The van der Waals surface area contributed by atoms with Crippen LogP contribution in [0.3, 0.4) is 0 Å². The second kappa shape index (κ2) is 7.18. The van der Waals surface area contributed by atoms with Gasteiger partial charge in [0.1, 0.15) is 5.76 Å². The van der Waals surface area contributed by atoms with Crippen molar-refractivity contribution < 1.29 is 9.21 Å². The molecule has 0 aliphatic carbocycles. The van der Waals surface area contributed by atoms with Gasteiger partial charge in [0.2, 0.25) is 0 Å². The zero-order valence-corrected chi connectivity index (χ0v) is 12.9. The number of nitrogens with zero attached hydrogens (tertiary/aromatic N) is 1. The molecule has 1 aromatic carbocycles. The highest BCUT2D eigenvalue weighted by atomic mass is 35.5. The van der Waals surface area contributed by atoms with Gasteiger partial charge >= 0.3 is 6.03 Å². The van der Waals surface area contributed by atoms with E-state index in [0.717, 1.165) is 17.7 Å². The van der Waals surface area contributed by atoms with Gasteiger partial charge in [-0.3, -0.25) is 0 Å². The summed E-state index contributed by atoms with van der Waals surface area (Å²) in [7, 11) is 1.74. The summed E-state index contributed by atoms with van der Waals surface area (Å²) in [5.41, 5.74) is 1.04. The quantitative estimate of drug-likeness (QED) is 0.898. The molecule has 5 heteroatoms. The lowest BCUT2D eigenvalue weighted by molar-refractivity contribution is 0.198. The van der Waals surface area contributed by atoms with E-state index in [1.807, 2.05) is 43.3 Å². The Balaban J connectivity index is 1.97. The Morgan fingerprint density at radius 2 is 2.05 bits per heavy atom. The molecule has 0 radical (unpaired) electrons. The summed E-state index contributed by atoms with van der Waals surface area (Å²) in [6.07, 6.45) is 2.41. The van der Waals surface area contributed by atoms with Crippen LogP contribution in [0.25, 0.3) is 0 Å². The van der Waals surface area contributed by atoms with E-state index in [1.165, 1.54) is 0 Å². The summed E-state index contributed by atoms with van der Waals surface area (Å²) in [4.78, 5) is 13.8. The average molecular weight is 307 g/mol. The van der Waals surface area contributed by atoms with Gasteiger partial charge < -0.3 is 14.6 Å². The van der Waals surface area contributed by atoms with Crippen LogP contribution in [0.4, 0.5) is 4.79 Å². The lowest BCUT2D eigenvalue weighted by atomic mass is 10.1. The molecule has 112 valence electrons. The molecule has 2 amide bonds. The van der Waals surface area contributed by atoms with Gasteiger partial charge in [-0.15, -0.1) is 0 Å². The number of hydrogen-bond acceptors (Lipinski definition) is 2. The molecule has 0 aliphatic rings. The van der Waals surface area contributed by atoms with Gasteiger partial charge in [-0.25, -0.2) is 4.79 Å². The topological polar surface area (TPSA) is 45.5 Å². The molecule has 2 rings (SSSR count). The molecule has 4 nitrogen and oxygen atoms in total. The second-order valence-electron chi connectivity index (χ2n) is 4.90. The number of rotatable bonds is 5. The van der Waals surface area contributed by atoms with Crippen molar-refractivity contribution in [2.45, 2.75) is 25.9 Å². The standard InChI is InChI=1S/C16H19ClN2O2/c1-3-15(12-6-8-13(17)9-7-12)18-16(20)19(2)11-14-5-4-10-21-14/h4-10,15H,3,11H2,1-2H3,(H,18,20). The van der Waals surface area contributed by atoms with E-state index in [4.69, 9.17) is 16.0 Å². The summed E-state index contributed by atoms with van der Waals surface area (Å²) >= 11 is 5.89. The Morgan fingerprint density at radius 3 is 2.62 bits per heavy atom. The van der Waals surface area contributed by atoms with Crippen LogP contribution in [0, 0.1) is 0 Å². The highest BCUT2D eigenvalue weighted by Crippen LogP contribution is 2.19. The number of halogens is 1. The Bertz CT molecular complexity index is 566. The molecule has 0 aliphatic heterocycles. The molecular weight excluding hydrogens is 288 g/mol. The number of furan rings is 1. The third kappa shape index (κ3) is 4.26. The summed E-state index contributed by atoms with van der Waals surface area (Å²) in [6, 6.07) is 11.0. The van der Waals surface area contributed by atoms with E-state index >= 15 is 0 Å². The van der Waals surface area contributed by atoms with Gasteiger partial charge in [0.15, 0.2) is 0 Å². The lowest BCUT2D eigenvalue weighted by Gasteiger charge is -2.22. The fourth-order valence-corrected chi connectivity index (χ4v) is 2.21. The third-order valence-electron chi connectivity index (χ3n) is 3.30. The van der Waals surface area contributed by atoms with Crippen molar-refractivity contribution >= 4 is 17.6 Å². The number of hydrogen-bond donors (Lipinski definition) is 1. The monoisotopic (exact) mass is 306 g/mol. The molecule has 0 bridgehead atoms. The summed E-state index contributed by atoms with van der Waals surface area (Å²) in [5.74, 6) is 0.757. The third-order valence-corrected chi connectivity index (χ3v) is 3.55. The highest BCUT2D eigenvalue weighted by molar-refractivity contribution is 6.30. The molecule has 1 atom stereocenters. The van der Waals surface area contributed by atoms with Gasteiger partial charge in [0.05, 0.1) is 18.8 Å². The van der Waals surface area contributed by atoms with Gasteiger partial charge in [-0.05, 0) is 36.2 Å². The predicted molar refractivity (Wildman–Crippen MR) is 83.2 cm³/mol. The molecule has 1 aromatic heterocycles. The van der Waals surface area contributed by atoms with E-state index in [0.29, 0.717) is 11.6 Å². The van der Waals surface area contributed by atoms with Crippen molar-refractivity contribution in [3.8, 4) is 0 Å². The number of benzene rings is 1. The first-order chi connectivity index (χ1) is 10.1. The molecule has 2 aromatic rings. The van der Waals surface area contributed by atoms with Crippen molar-refractivity contribution in [1.29, 1.82) is 0 Å². The molecule has 1 N–H and O–H groups in total. The predicted octanol–water partition coefficient (Wildman–Crippen LogP) is 4.23. The Morgan fingerprint density at radius 1 is 1.33 bits per heavy atom. The maximum Gasteiger partial charge on any atom is 0.318 e. The fraction of sp³-hybridized carbons (Fsp3) is 0.312. The fourth-order valence-electron chi connectivity index (χ4n) is 2.08. The van der Waals surface area contributed by atoms with Crippen LogP contribution in [0.1, 0.15) is 30.7 Å². The van der Waals surface area contributed by atoms with Gasteiger partial charge in [-0.1, -0.05) is 30.7 Å². The highest BCUT2D eigenvalue weighted by Gasteiger charge is 2.16. The average Bonchev–Trinajstić information content (AvgIpc) is 2.98. The first kappa shape index (κ1) is 15.4. The second-order valence-corrected chi connectivity index (χ2v) is 5.33. The summed E-state index contributed by atoms with van der Waals surface area (Å²) in [5, 5.41) is 3.71. The van der Waals surface area contributed by atoms with E-state index in [9.17, 15) is 4.79 Å². The minimum absolute atomic E-state index is 0.0335. The smallest absolute Gasteiger partial charge is 0.318 e. The Labute approximate surface area is 129 Å². The van der Waals surface area contributed by atoms with Gasteiger partial charge in [-0.2, -0.15) is 0 Å². The van der Waals surface area contributed by atoms with Crippen LogP contribution in [-0.2, 0) is 6.54 Å². The van der Waals surface area contributed by atoms with E-state index < -0.39 is 0 Å². The number of carbonyl (C=O) groups excluding carboxylic acids is 1. The van der Waals surface area contributed by atoms with Crippen LogP contribution in [-0.4, -0.2) is 18.0 Å². The number of nitrogens with one attached hydrogen (secondary N) is 1. The van der Waals surface area contributed by atoms with Crippen molar-refractivity contribution in [3.05, 3.63) is 59.0 Å². The summed E-state index contributed by atoms with van der Waals surface area (Å²) in [6.45, 7) is 2.47. The van der Waals surface area contributed by atoms with Crippen molar-refractivity contribution in [3.63, 3.8) is 0 Å². The minimum Gasteiger partial charge on any atom is -0.467 e. The van der Waals surface area contributed by atoms with Crippen LogP contribution in [0.2, 0.25) is 5.02 Å². The van der Waals surface area contributed by atoms with E-state index in [2.05, 4.69) is 5.32 Å². The van der Waals surface area contributed by atoms with Crippen LogP contribution in [0.15, 0.2) is 47.1 Å². The number of amides is 2. The molecule has 0 fully saturated rings. The van der Waals surface area contributed by atoms with Gasteiger partial charge in [0, 0.05) is 12.1 Å². The lowest BCUT2D eigenvalue weighted by Crippen LogP contribution is -2.38. The van der Waals surface area contributed by atoms with Crippen LogP contribution < -0.4 is 5.32 Å². The maximum absolute atomic E-state index is 12.2. The van der Waals surface area contributed by atoms with E-state index in [1.54, 1.807) is 18.2 Å².